The van der Waals surface area contributed by atoms with Gasteiger partial charge in [-0.3, -0.25) is 0 Å². The molecule has 0 saturated heterocycles. The van der Waals surface area contributed by atoms with Gasteiger partial charge < -0.3 is 15.4 Å². The number of carbonyl (C=O) groups excluding carboxylic acids is 1. The van der Waals surface area contributed by atoms with Crippen LogP contribution in [0.5, 0.6) is 5.75 Å². The molecule has 1 aliphatic carbocycles. The van der Waals surface area contributed by atoms with E-state index in [2.05, 4.69) is 20.6 Å². The fourth-order valence-electron chi connectivity index (χ4n) is 3.29. The monoisotopic (exact) mass is 351 g/mol. The van der Waals surface area contributed by atoms with Crippen LogP contribution in [0, 0.1) is 11.3 Å². The third-order valence-corrected chi connectivity index (χ3v) is 4.67. The van der Waals surface area contributed by atoms with Crippen molar-refractivity contribution in [2.24, 2.45) is 0 Å². The number of rotatable bonds is 5. The van der Waals surface area contributed by atoms with E-state index in [1.54, 1.807) is 19.4 Å². The van der Waals surface area contributed by atoms with Crippen molar-refractivity contribution in [2.75, 3.05) is 7.11 Å². The van der Waals surface area contributed by atoms with Gasteiger partial charge in [0.2, 0.25) is 5.82 Å². The molecule has 0 radical (unpaired) electrons. The summed E-state index contributed by atoms with van der Waals surface area (Å²) in [5, 5.41) is 15.0. The van der Waals surface area contributed by atoms with Crippen LogP contribution < -0.4 is 15.4 Å². The van der Waals surface area contributed by atoms with Crippen LogP contribution in [-0.2, 0) is 12.1 Å². The third kappa shape index (κ3) is 3.91. The average molecular weight is 351 g/mol. The predicted molar refractivity (Wildman–Crippen MR) is 95.3 cm³/mol. The number of carbonyl (C=O) groups is 1. The van der Waals surface area contributed by atoms with Gasteiger partial charge in [-0.25, -0.2) is 14.8 Å². The highest BCUT2D eigenvalue weighted by atomic mass is 16.5. The van der Waals surface area contributed by atoms with Crippen molar-refractivity contribution in [3.8, 4) is 11.8 Å². The van der Waals surface area contributed by atoms with Crippen molar-refractivity contribution < 1.29 is 9.53 Å². The summed E-state index contributed by atoms with van der Waals surface area (Å²) in [4.78, 5) is 20.7. The largest absolute Gasteiger partial charge is 0.497 e. The molecule has 2 aromatic rings. The number of aromatic nitrogens is 2. The molecule has 1 saturated carbocycles. The lowest BCUT2D eigenvalue weighted by Gasteiger charge is -2.29. The number of hydrogen-bond donors (Lipinski definition) is 2. The van der Waals surface area contributed by atoms with Crippen LogP contribution in [0.15, 0.2) is 36.5 Å². The summed E-state index contributed by atoms with van der Waals surface area (Å²) < 4.78 is 5.13. The van der Waals surface area contributed by atoms with Crippen molar-refractivity contribution in [2.45, 2.75) is 37.8 Å². The maximum atomic E-state index is 12.5. The van der Waals surface area contributed by atoms with Crippen LogP contribution in [0.2, 0.25) is 0 Å². The highest BCUT2D eigenvalue weighted by molar-refractivity contribution is 5.75. The van der Waals surface area contributed by atoms with Crippen molar-refractivity contribution >= 4 is 6.03 Å². The van der Waals surface area contributed by atoms with Crippen molar-refractivity contribution in [1.82, 2.24) is 20.6 Å². The molecule has 1 aliphatic rings. The molecule has 0 spiro atoms. The first-order valence-corrected chi connectivity index (χ1v) is 8.58. The zero-order valence-electron chi connectivity index (χ0n) is 14.7. The standard InChI is InChI=1S/C19H21N5O2/c1-26-15-6-4-14(5-7-15)13-22-18(25)24-19(9-2-3-10-19)16-8-11-21-17(12-20)23-16/h4-8,11H,2-3,9-10,13H2,1H3,(H2,22,24,25). The molecule has 0 atom stereocenters. The Bertz CT molecular complexity index is 807. The van der Waals surface area contributed by atoms with Crippen LogP contribution in [-0.4, -0.2) is 23.1 Å². The number of hydrogen-bond acceptors (Lipinski definition) is 5. The summed E-state index contributed by atoms with van der Waals surface area (Å²) in [6.45, 7) is 0.416. The van der Waals surface area contributed by atoms with Gasteiger partial charge in [0.05, 0.1) is 18.3 Å². The second-order valence-corrected chi connectivity index (χ2v) is 6.32. The highest BCUT2D eigenvalue weighted by Gasteiger charge is 2.38. The first-order valence-electron chi connectivity index (χ1n) is 8.58. The molecule has 7 nitrogen and oxygen atoms in total. The molecule has 1 aromatic carbocycles. The van der Waals surface area contributed by atoms with E-state index in [-0.39, 0.29) is 11.9 Å². The van der Waals surface area contributed by atoms with Gasteiger partial charge in [-0.1, -0.05) is 25.0 Å². The molecule has 2 amide bonds. The lowest BCUT2D eigenvalue weighted by molar-refractivity contribution is 0.223. The zero-order valence-corrected chi connectivity index (χ0v) is 14.7. The Balaban J connectivity index is 1.67. The Hall–Kier alpha value is -3.14. The lowest BCUT2D eigenvalue weighted by Crippen LogP contribution is -2.48. The average Bonchev–Trinajstić information content (AvgIpc) is 3.16. The minimum absolute atomic E-state index is 0.120. The van der Waals surface area contributed by atoms with Gasteiger partial charge in [-0.2, -0.15) is 5.26 Å². The molecule has 2 N–H and O–H groups in total. The zero-order chi connectivity index (χ0) is 18.4. The molecule has 1 aromatic heterocycles. The number of methoxy groups -OCH3 is 1. The molecule has 3 rings (SSSR count). The van der Waals surface area contributed by atoms with E-state index in [1.807, 2.05) is 30.3 Å². The molecule has 1 heterocycles. The maximum Gasteiger partial charge on any atom is 0.315 e. The second kappa shape index (κ2) is 7.83. The molecule has 26 heavy (non-hydrogen) atoms. The first-order chi connectivity index (χ1) is 12.6. The number of benzene rings is 1. The minimum atomic E-state index is -0.543. The number of urea groups is 1. The molecule has 0 bridgehead atoms. The van der Waals surface area contributed by atoms with E-state index in [0.29, 0.717) is 12.2 Å². The smallest absolute Gasteiger partial charge is 0.315 e. The Kier molecular flexibility index (Phi) is 5.32. The molecular weight excluding hydrogens is 330 g/mol. The molecule has 0 aliphatic heterocycles. The van der Waals surface area contributed by atoms with Gasteiger partial charge in [-0.15, -0.1) is 0 Å². The molecular formula is C19H21N5O2. The fourth-order valence-corrected chi connectivity index (χ4v) is 3.29. The highest BCUT2D eigenvalue weighted by Crippen LogP contribution is 2.37. The van der Waals surface area contributed by atoms with Gasteiger partial charge in [0.25, 0.3) is 0 Å². The SMILES string of the molecule is COc1ccc(CNC(=O)NC2(c3ccnc(C#N)n3)CCCC2)cc1. The first kappa shape index (κ1) is 17.7. The van der Waals surface area contributed by atoms with Crippen molar-refractivity contribution in [1.29, 1.82) is 5.26 Å². The number of ether oxygens (including phenoxy) is 1. The number of nitrogens with one attached hydrogen (secondary N) is 2. The fraction of sp³-hybridized carbons (Fsp3) is 0.368. The van der Waals surface area contributed by atoms with E-state index >= 15 is 0 Å². The summed E-state index contributed by atoms with van der Waals surface area (Å²) >= 11 is 0. The van der Waals surface area contributed by atoms with Crippen LogP contribution in [0.4, 0.5) is 4.79 Å². The Morgan fingerprint density at radius 2 is 2.00 bits per heavy atom. The van der Waals surface area contributed by atoms with E-state index in [9.17, 15) is 4.79 Å². The summed E-state index contributed by atoms with van der Waals surface area (Å²) in [6, 6.07) is 11.0. The number of nitrogens with zero attached hydrogens (tertiary/aromatic N) is 3. The van der Waals surface area contributed by atoms with E-state index in [1.165, 1.54) is 0 Å². The van der Waals surface area contributed by atoms with Crippen molar-refractivity contribution in [3.05, 3.63) is 53.6 Å². The normalized spacial score (nSPS) is 15.1. The minimum Gasteiger partial charge on any atom is -0.497 e. The van der Waals surface area contributed by atoms with Crippen LogP contribution in [0.25, 0.3) is 0 Å². The molecule has 1 fully saturated rings. The molecule has 0 unspecified atom stereocenters. The summed E-state index contributed by atoms with van der Waals surface area (Å²) in [6.07, 6.45) is 5.17. The summed E-state index contributed by atoms with van der Waals surface area (Å²) in [5.41, 5.74) is 1.13. The second-order valence-electron chi connectivity index (χ2n) is 6.32. The van der Waals surface area contributed by atoms with Crippen LogP contribution >= 0.6 is 0 Å². The van der Waals surface area contributed by atoms with E-state index < -0.39 is 5.54 Å². The lowest BCUT2D eigenvalue weighted by atomic mass is 9.93. The van der Waals surface area contributed by atoms with Gasteiger partial charge >= 0.3 is 6.03 Å². The topological polar surface area (TPSA) is 99.9 Å². The predicted octanol–water partition coefficient (Wildman–Crippen LogP) is 2.63. The van der Waals surface area contributed by atoms with Gasteiger partial charge in [0, 0.05) is 12.7 Å². The van der Waals surface area contributed by atoms with Gasteiger partial charge in [0.15, 0.2) is 0 Å². The molecule has 134 valence electrons. The summed E-state index contributed by atoms with van der Waals surface area (Å²) in [7, 11) is 1.62. The third-order valence-electron chi connectivity index (χ3n) is 4.67. The van der Waals surface area contributed by atoms with Crippen molar-refractivity contribution in [3.63, 3.8) is 0 Å². The quantitative estimate of drug-likeness (QED) is 0.862. The van der Waals surface area contributed by atoms with Crippen LogP contribution in [0.1, 0.15) is 42.8 Å². The molecule has 7 heteroatoms. The Morgan fingerprint density at radius 1 is 1.27 bits per heavy atom. The van der Waals surface area contributed by atoms with E-state index in [4.69, 9.17) is 10.00 Å². The van der Waals surface area contributed by atoms with E-state index in [0.717, 1.165) is 37.0 Å². The van der Waals surface area contributed by atoms with Gasteiger partial charge in [-0.05, 0) is 36.6 Å². The Labute approximate surface area is 152 Å². The summed E-state index contributed by atoms with van der Waals surface area (Å²) in [5.74, 6) is 0.898. The Morgan fingerprint density at radius 3 is 2.65 bits per heavy atom. The number of amides is 2. The van der Waals surface area contributed by atoms with Crippen LogP contribution in [0.3, 0.4) is 0 Å². The van der Waals surface area contributed by atoms with Gasteiger partial charge in [0.1, 0.15) is 11.8 Å². The number of nitriles is 1. The maximum absolute atomic E-state index is 12.5.